The molecule has 1 unspecified atom stereocenters. The van der Waals surface area contributed by atoms with Gasteiger partial charge in [0, 0.05) is 54.8 Å². The lowest BCUT2D eigenvalue weighted by Crippen LogP contribution is -2.39. The smallest absolute Gasteiger partial charge is 0.260 e. The summed E-state index contributed by atoms with van der Waals surface area (Å²) in [6, 6.07) is 18.2. The number of carbonyl (C=O) groups is 1. The van der Waals surface area contributed by atoms with Crippen LogP contribution in [0.25, 0.3) is 0 Å². The number of amides is 1. The summed E-state index contributed by atoms with van der Waals surface area (Å²) < 4.78 is 28.7. The molecule has 1 N–H and O–H groups in total. The van der Waals surface area contributed by atoms with Crippen molar-refractivity contribution in [2.75, 3.05) is 88.3 Å². The Balaban J connectivity index is 1.32. The standard InChI is InChI=1S/C37H48ClN3O6S2/c1-37(2,49-48-5)25-40(10-11-45-14-15-46-13-12-43-3)29-17-26(22-38)16-27(18-29)24-47-35-21-32-31(20-34(35)44-4)36(42)41-30(23-39-32)19-28-8-6-7-9-33(28)41/h6-9,16-18,20-21,30,39H,10-15,19,22-25H2,1-5H3. The Morgan fingerprint density at radius 3 is 2.49 bits per heavy atom. The van der Waals surface area contributed by atoms with Crippen molar-refractivity contribution in [3.63, 3.8) is 0 Å². The predicted octanol–water partition coefficient (Wildman–Crippen LogP) is 7.29. The van der Waals surface area contributed by atoms with Crippen LogP contribution in [0.5, 0.6) is 11.5 Å². The van der Waals surface area contributed by atoms with Crippen molar-refractivity contribution in [3.05, 3.63) is 76.9 Å². The van der Waals surface area contributed by atoms with Gasteiger partial charge >= 0.3 is 0 Å². The van der Waals surface area contributed by atoms with Crippen LogP contribution in [0.3, 0.4) is 0 Å². The van der Waals surface area contributed by atoms with Crippen molar-refractivity contribution in [1.82, 2.24) is 0 Å². The van der Waals surface area contributed by atoms with E-state index >= 15 is 0 Å². The summed E-state index contributed by atoms with van der Waals surface area (Å²) in [6.45, 7) is 9.74. The van der Waals surface area contributed by atoms with Gasteiger partial charge < -0.3 is 38.8 Å². The Hall–Kier alpha value is -2.80. The lowest BCUT2D eigenvalue weighted by atomic mass is 10.1. The minimum Gasteiger partial charge on any atom is -0.493 e. The number of halogens is 1. The normalized spacial score (nSPS) is 15.3. The molecule has 0 saturated heterocycles. The second kappa shape index (κ2) is 17.9. The molecule has 2 aliphatic rings. The lowest BCUT2D eigenvalue weighted by molar-refractivity contribution is 0.0264. The minimum absolute atomic E-state index is 0.00685. The fraction of sp³-hybridized carbons (Fsp3) is 0.486. The van der Waals surface area contributed by atoms with Crippen LogP contribution in [0.15, 0.2) is 54.6 Å². The Morgan fingerprint density at radius 1 is 0.980 bits per heavy atom. The summed E-state index contributed by atoms with van der Waals surface area (Å²) >= 11 is 6.42. The number of carbonyl (C=O) groups excluding carboxylic acids is 1. The number of nitrogens with zero attached hydrogens (tertiary/aromatic N) is 2. The molecular weight excluding hydrogens is 682 g/mol. The van der Waals surface area contributed by atoms with Gasteiger partial charge in [-0.2, -0.15) is 0 Å². The van der Waals surface area contributed by atoms with E-state index < -0.39 is 0 Å². The van der Waals surface area contributed by atoms with Gasteiger partial charge in [-0.1, -0.05) is 45.9 Å². The maximum absolute atomic E-state index is 13.9. The fourth-order valence-corrected chi connectivity index (χ4v) is 8.63. The lowest BCUT2D eigenvalue weighted by Gasteiger charge is -2.34. The first-order valence-electron chi connectivity index (χ1n) is 16.6. The van der Waals surface area contributed by atoms with E-state index in [-0.39, 0.29) is 16.7 Å². The maximum atomic E-state index is 13.9. The molecule has 1 amide bonds. The van der Waals surface area contributed by atoms with Crippen molar-refractivity contribution in [2.45, 2.75) is 43.5 Å². The number of nitrogens with one attached hydrogen (secondary N) is 1. The highest BCUT2D eigenvalue weighted by molar-refractivity contribution is 8.77. The third kappa shape index (κ3) is 9.71. The third-order valence-electron chi connectivity index (χ3n) is 8.49. The molecule has 12 heteroatoms. The molecule has 3 aromatic carbocycles. The van der Waals surface area contributed by atoms with Gasteiger partial charge in [-0.05, 0) is 67.5 Å². The largest absolute Gasteiger partial charge is 0.493 e. The number of ether oxygens (including phenoxy) is 5. The van der Waals surface area contributed by atoms with E-state index in [9.17, 15) is 4.79 Å². The van der Waals surface area contributed by atoms with Gasteiger partial charge in [0.15, 0.2) is 11.5 Å². The molecule has 0 fully saturated rings. The van der Waals surface area contributed by atoms with Crippen LogP contribution in [0, 0.1) is 0 Å². The third-order valence-corrected chi connectivity index (χ3v) is 11.4. The number of fused-ring (bicyclic) bond motifs is 4. The van der Waals surface area contributed by atoms with Crippen molar-refractivity contribution in [3.8, 4) is 11.5 Å². The summed E-state index contributed by atoms with van der Waals surface area (Å²) in [7, 11) is 6.89. The topological polar surface area (TPSA) is 81.7 Å². The average Bonchev–Trinajstić information content (AvgIpc) is 3.42. The zero-order valence-electron chi connectivity index (χ0n) is 29.1. The van der Waals surface area contributed by atoms with Crippen molar-refractivity contribution in [2.24, 2.45) is 0 Å². The van der Waals surface area contributed by atoms with Crippen LogP contribution in [-0.4, -0.2) is 89.8 Å². The van der Waals surface area contributed by atoms with Crippen molar-refractivity contribution >= 4 is 56.2 Å². The van der Waals surface area contributed by atoms with Crippen LogP contribution in [0.2, 0.25) is 0 Å². The fourth-order valence-electron chi connectivity index (χ4n) is 6.31. The first-order valence-corrected chi connectivity index (χ1v) is 19.7. The zero-order valence-corrected chi connectivity index (χ0v) is 31.5. The highest BCUT2D eigenvalue weighted by atomic mass is 35.5. The number of methoxy groups -OCH3 is 2. The summed E-state index contributed by atoms with van der Waals surface area (Å²) in [5.74, 6) is 1.42. The van der Waals surface area contributed by atoms with Crippen LogP contribution < -0.4 is 24.6 Å². The molecule has 1 atom stereocenters. The highest BCUT2D eigenvalue weighted by Gasteiger charge is 2.37. The molecule has 3 aromatic rings. The van der Waals surface area contributed by atoms with Gasteiger partial charge in [-0.3, -0.25) is 4.79 Å². The molecule has 2 aliphatic heterocycles. The Bertz CT molecular complexity index is 1560. The number of hydrogen-bond acceptors (Lipinski definition) is 10. The average molecular weight is 730 g/mol. The summed E-state index contributed by atoms with van der Waals surface area (Å²) in [5, 5.41) is 3.52. The van der Waals surface area contributed by atoms with Gasteiger partial charge in [0.05, 0.1) is 57.4 Å². The number of hydrogen-bond donors (Lipinski definition) is 1. The molecule has 266 valence electrons. The first-order chi connectivity index (χ1) is 23.8. The zero-order chi connectivity index (χ0) is 34.8. The molecule has 0 spiro atoms. The van der Waals surface area contributed by atoms with Crippen molar-refractivity contribution in [1.29, 1.82) is 0 Å². The second-order valence-electron chi connectivity index (χ2n) is 12.7. The molecule has 5 rings (SSSR count). The summed E-state index contributed by atoms with van der Waals surface area (Å²) in [6.07, 6.45) is 2.93. The van der Waals surface area contributed by atoms with Crippen molar-refractivity contribution < 1.29 is 28.5 Å². The molecule has 0 radical (unpaired) electrons. The molecule has 9 nitrogen and oxygen atoms in total. The molecule has 2 heterocycles. The van der Waals surface area contributed by atoms with Crippen LogP contribution in [-0.2, 0) is 33.1 Å². The van der Waals surface area contributed by atoms with Gasteiger partial charge in [-0.15, -0.1) is 11.6 Å². The molecule has 0 aliphatic carbocycles. The second-order valence-corrected chi connectivity index (χ2v) is 16.0. The van der Waals surface area contributed by atoms with Gasteiger partial charge in [0.25, 0.3) is 5.91 Å². The number of alkyl halides is 1. The Kier molecular flexibility index (Phi) is 13.7. The molecule has 0 saturated carbocycles. The van der Waals surface area contributed by atoms with Gasteiger partial charge in [-0.25, -0.2) is 0 Å². The van der Waals surface area contributed by atoms with E-state index in [0.29, 0.717) is 75.7 Å². The van der Waals surface area contributed by atoms with E-state index in [1.807, 2.05) is 40.0 Å². The molecular formula is C37H48ClN3O6S2. The van der Waals surface area contributed by atoms with E-state index in [1.54, 1.807) is 31.1 Å². The summed E-state index contributed by atoms with van der Waals surface area (Å²) in [4.78, 5) is 18.1. The first kappa shape index (κ1) is 37.5. The molecule has 49 heavy (non-hydrogen) atoms. The predicted molar refractivity (Wildman–Crippen MR) is 203 cm³/mol. The van der Waals surface area contributed by atoms with Gasteiger partial charge in [0.2, 0.25) is 0 Å². The number of para-hydroxylation sites is 1. The Labute approximate surface area is 303 Å². The quantitative estimate of drug-likeness (QED) is 0.0773. The van der Waals surface area contributed by atoms with E-state index in [2.05, 4.69) is 54.6 Å². The summed E-state index contributed by atoms with van der Waals surface area (Å²) in [5.41, 5.74) is 6.54. The Morgan fingerprint density at radius 2 is 1.73 bits per heavy atom. The van der Waals surface area contributed by atoms with E-state index in [1.165, 1.54) is 5.56 Å². The highest BCUT2D eigenvalue weighted by Crippen LogP contribution is 2.41. The van der Waals surface area contributed by atoms with E-state index in [4.69, 9.17) is 35.3 Å². The van der Waals surface area contributed by atoms with Crippen LogP contribution >= 0.6 is 33.2 Å². The molecule has 0 bridgehead atoms. The number of rotatable bonds is 19. The minimum atomic E-state index is -0.0375. The number of anilines is 3. The van der Waals surface area contributed by atoms with E-state index in [0.717, 1.165) is 41.2 Å². The maximum Gasteiger partial charge on any atom is 0.260 e. The van der Waals surface area contributed by atoms with Crippen LogP contribution in [0.1, 0.15) is 40.9 Å². The monoisotopic (exact) mass is 729 g/mol. The van der Waals surface area contributed by atoms with Gasteiger partial charge in [0.1, 0.15) is 6.61 Å². The molecule has 0 aromatic heterocycles. The van der Waals surface area contributed by atoms with Crippen LogP contribution in [0.4, 0.5) is 17.1 Å². The SMILES string of the molecule is COCCOCCOCCN(CC(C)(C)SSC)c1cc(CCl)cc(COc2cc3c(cc2OC)C(=O)N2c4ccccc4CC2CN3)c1. The number of benzene rings is 3.